The SMILES string of the molecule is CCOC(=O)C(Nc1ccccc1)c1cc(Br)ccc1F. The van der Waals surface area contributed by atoms with Gasteiger partial charge in [-0.15, -0.1) is 0 Å². The van der Waals surface area contributed by atoms with Gasteiger partial charge < -0.3 is 10.1 Å². The van der Waals surface area contributed by atoms with Crippen LogP contribution in [0.5, 0.6) is 0 Å². The molecule has 2 aromatic rings. The molecule has 110 valence electrons. The first-order chi connectivity index (χ1) is 10.1. The van der Waals surface area contributed by atoms with Gasteiger partial charge in [-0.2, -0.15) is 0 Å². The Bertz CT molecular complexity index is 619. The van der Waals surface area contributed by atoms with Crippen LogP contribution in [-0.2, 0) is 9.53 Å². The van der Waals surface area contributed by atoms with Gasteiger partial charge in [0.25, 0.3) is 0 Å². The van der Waals surface area contributed by atoms with Crippen LogP contribution in [0.3, 0.4) is 0 Å². The maximum absolute atomic E-state index is 14.1. The van der Waals surface area contributed by atoms with Crippen LogP contribution in [-0.4, -0.2) is 12.6 Å². The van der Waals surface area contributed by atoms with Crippen LogP contribution < -0.4 is 5.32 Å². The largest absolute Gasteiger partial charge is 0.464 e. The molecule has 0 amide bonds. The topological polar surface area (TPSA) is 38.3 Å². The third kappa shape index (κ3) is 4.04. The first-order valence-electron chi connectivity index (χ1n) is 6.55. The summed E-state index contributed by atoms with van der Waals surface area (Å²) in [6.45, 7) is 1.95. The summed E-state index contributed by atoms with van der Waals surface area (Å²) in [5.74, 6) is -0.974. The van der Waals surface area contributed by atoms with E-state index in [1.807, 2.05) is 30.3 Å². The standard InChI is InChI=1S/C16H15BrFNO2/c1-2-21-16(20)15(19-12-6-4-3-5-7-12)13-10-11(17)8-9-14(13)18/h3-10,15,19H,2H2,1H3. The number of ether oxygens (including phenoxy) is 1. The predicted octanol–water partition coefficient (Wildman–Crippen LogP) is 4.30. The van der Waals surface area contributed by atoms with Crippen LogP contribution >= 0.6 is 15.9 Å². The lowest BCUT2D eigenvalue weighted by Crippen LogP contribution is -2.24. The van der Waals surface area contributed by atoms with Crippen molar-refractivity contribution in [1.82, 2.24) is 0 Å². The molecule has 21 heavy (non-hydrogen) atoms. The molecule has 1 N–H and O–H groups in total. The highest BCUT2D eigenvalue weighted by Crippen LogP contribution is 2.26. The van der Waals surface area contributed by atoms with Gasteiger partial charge in [-0.1, -0.05) is 34.1 Å². The number of carbonyl (C=O) groups excluding carboxylic acids is 1. The quantitative estimate of drug-likeness (QED) is 0.816. The second-order valence-electron chi connectivity index (χ2n) is 4.36. The monoisotopic (exact) mass is 351 g/mol. The number of para-hydroxylation sites is 1. The van der Waals surface area contributed by atoms with E-state index in [0.717, 1.165) is 5.69 Å². The average Bonchev–Trinajstić information content (AvgIpc) is 2.49. The molecule has 0 fully saturated rings. The minimum atomic E-state index is -0.898. The highest BCUT2D eigenvalue weighted by atomic mass is 79.9. The molecule has 1 atom stereocenters. The maximum atomic E-state index is 14.1. The van der Waals surface area contributed by atoms with E-state index in [1.54, 1.807) is 19.1 Å². The molecule has 2 rings (SSSR count). The minimum Gasteiger partial charge on any atom is -0.464 e. The summed E-state index contributed by atoms with van der Waals surface area (Å²) in [6.07, 6.45) is 0. The van der Waals surface area contributed by atoms with Gasteiger partial charge in [-0.05, 0) is 37.3 Å². The summed E-state index contributed by atoms with van der Waals surface area (Å²) < 4.78 is 19.8. The second kappa shape index (κ2) is 7.22. The fourth-order valence-corrected chi connectivity index (χ4v) is 2.30. The number of carbonyl (C=O) groups is 1. The molecule has 0 saturated carbocycles. The molecule has 0 bridgehead atoms. The first kappa shape index (κ1) is 15.5. The zero-order valence-corrected chi connectivity index (χ0v) is 13.1. The van der Waals surface area contributed by atoms with Crippen LogP contribution in [0.15, 0.2) is 53.0 Å². The Labute approximate surface area is 131 Å². The number of rotatable bonds is 5. The zero-order chi connectivity index (χ0) is 15.2. The molecular weight excluding hydrogens is 337 g/mol. The number of nitrogens with one attached hydrogen (secondary N) is 1. The molecular formula is C16H15BrFNO2. The molecule has 0 heterocycles. The maximum Gasteiger partial charge on any atom is 0.333 e. The number of anilines is 1. The van der Waals surface area contributed by atoms with Crippen LogP contribution in [0.25, 0.3) is 0 Å². The van der Waals surface area contributed by atoms with Gasteiger partial charge >= 0.3 is 5.97 Å². The molecule has 0 aromatic heterocycles. The van der Waals surface area contributed by atoms with Crippen molar-refractivity contribution < 1.29 is 13.9 Å². The summed E-state index contributed by atoms with van der Waals surface area (Å²) in [5, 5.41) is 3.01. The van der Waals surface area contributed by atoms with Gasteiger partial charge in [0.1, 0.15) is 5.82 Å². The van der Waals surface area contributed by atoms with Crippen molar-refractivity contribution in [2.45, 2.75) is 13.0 Å². The lowest BCUT2D eigenvalue weighted by molar-refractivity contribution is -0.144. The molecule has 3 nitrogen and oxygen atoms in total. The predicted molar refractivity (Wildman–Crippen MR) is 83.5 cm³/mol. The molecule has 0 aliphatic heterocycles. The van der Waals surface area contributed by atoms with Crippen molar-refractivity contribution in [3.8, 4) is 0 Å². The van der Waals surface area contributed by atoms with E-state index in [2.05, 4.69) is 21.2 Å². The van der Waals surface area contributed by atoms with Gasteiger partial charge in [0.2, 0.25) is 0 Å². The summed E-state index contributed by atoms with van der Waals surface area (Å²) in [4.78, 5) is 12.1. The third-order valence-electron chi connectivity index (χ3n) is 2.88. The van der Waals surface area contributed by atoms with Crippen molar-refractivity contribution >= 4 is 27.6 Å². The van der Waals surface area contributed by atoms with Crippen molar-refractivity contribution in [1.29, 1.82) is 0 Å². The second-order valence-corrected chi connectivity index (χ2v) is 5.28. The fraction of sp³-hybridized carbons (Fsp3) is 0.188. The third-order valence-corrected chi connectivity index (χ3v) is 3.37. The molecule has 0 radical (unpaired) electrons. The van der Waals surface area contributed by atoms with E-state index in [1.165, 1.54) is 6.07 Å². The lowest BCUT2D eigenvalue weighted by atomic mass is 10.1. The highest BCUT2D eigenvalue weighted by Gasteiger charge is 2.25. The van der Waals surface area contributed by atoms with Crippen LogP contribution in [0, 0.1) is 5.82 Å². The van der Waals surface area contributed by atoms with Crippen molar-refractivity contribution in [2.24, 2.45) is 0 Å². The molecule has 0 aliphatic rings. The average molecular weight is 352 g/mol. The summed E-state index contributed by atoms with van der Waals surface area (Å²) in [6, 6.07) is 12.7. The highest BCUT2D eigenvalue weighted by molar-refractivity contribution is 9.10. The molecule has 2 aromatic carbocycles. The summed E-state index contributed by atoms with van der Waals surface area (Å²) in [7, 11) is 0. The number of benzene rings is 2. The molecule has 0 aliphatic carbocycles. The van der Waals surface area contributed by atoms with Crippen molar-refractivity contribution in [2.75, 3.05) is 11.9 Å². The Morgan fingerprint density at radius 3 is 2.67 bits per heavy atom. The Balaban J connectivity index is 2.36. The first-order valence-corrected chi connectivity index (χ1v) is 7.34. The van der Waals surface area contributed by atoms with E-state index in [9.17, 15) is 9.18 Å². The lowest BCUT2D eigenvalue weighted by Gasteiger charge is -2.19. The van der Waals surface area contributed by atoms with E-state index >= 15 is 0 Å². The Morgan fingerprint density at radius 2 is 2.00 bits per heavy atom. The van der Waals surface area contributed by atoms with Crippen LogP contribution in [0.2, 0.25) is 0 Å². The molecule has 1 unspecified atom stereocenters. The van der Waals surface area contributed by atoms with E-state index in [0.29, 0.717) is 4.47 Å². The minimum absolute atomic E-state index is 0.238. The van der Waals surface area contributed by atoms with Crippen molar-refractivity contribution in [3.05, 3.63) is 64.4 Å². The van der Waals surface area contributed by atoms with Gasteiger partial charge in [-0.3, -0.25) is 0 Å². The summed E-state index contributed by atoms with van der Waals surface area (Å²) >= 11 is 3.29. The van der Waals surface area contributed by atoms with Crippen molar-refractivity contribution in [3.63, 3.8) is 0 Å². The number of hydrogen-bond donors (Lipinski definition) is 1. The number of esters is 1. The Kier molecular flexibility index (Phi) is 5.33. The van der Waals surface area contributed by atoms with E-state index < -0.39 is 17.8 Å². The van der Waals surface area contributed by atoms with Crippen LogP contribution in [0.1, 0.15) is 18.5 Å². The number of hydrogen-bond acceptors (Lipinski definition) is 3. The Hall–Kier alpha value is -1.88. The molecule has 0 saturated heterocycles. The molecule has 0 spiro atoms. The smallest absolute Gasteiger partial charge is 0.333 e. The van der Waals surface area contributed by atoms with Gasteiger partial charge in [0.05, 0.1) is 6.61 Å². The van der Waals surface area contributed by atoms with Gasteiger partial charge in [-0.25, -0.2) is 9.18 Å². The number of halogens is 2. The Morgan fingerprint density at radius 1 is 1.29 bits per heavy atom. The van der Waals surface area contributed by atoms with E-state index in [4.69, 9.17) is 4.74 Å². The van der Waals surface area contributed by atoms with Gasteiger partial charge in [0, 0.05) is 15.7 Å². The van der Waals surface area contributed by atoms with E-state index in [-0.39, 0.29) is 12.2 Å². The van der Waals surface area contributed by atoms with Crippen LogP contribution in [0.4, 0.5) is 10.1 Å². The van der Waals surface area contributed by atoms with Gasteiger partial charge in [0.15, 0.2) is 6.04 Å². The summed E-state index contributed by atoms with van der Waals surface area (Å²) in [5.41, 5.74) is 0.960. The normalized spacial score (nSPS) is 11.8. The zero-order valence-electron chi connectivity index (χ0n) is 11.5. The molecule has 5 heteroatoms. The fourth-order valence-electron chi connectivity index (χ4n) is 1.93.